The van der Waals surface area contributed by atoms with E-state index >= 15 is 0 Å². The van der Waals surface area contributed by atoms with Crippen LogP contribution in [0, 0.1) is 0 Å². The summed E-state index contributed by atoms with van der Waals surface area (Å²) in [6, 6.07) is 3.96. The van der Waals surface area contributed by atoms with Gasteiger partial charge in [-0.3, -0.25) is 4.79 Å². The number of hydrogen-bond acceptors (Lipinski definition) is 5. The molecular formula is C12H13BrN2O5S. The first-order valence-electron chi connectivity index (χ1n) is 6.07. The van der Waals surface area contributed by atoms with Crippen molar-refractivity contribution in [2.75, 3.05) is 6.61 Å². The molecule has 1 amide bonds. The van der Waals surface area contributed by atoms with Gasteiger partial charge in [-0.25, -0.2) is 17.9 Å². The SMILES string of the molecule is NC(=O)COC(=O)c1cc(S(=O)(=O)NC2CC2)ccc1Br. The summed E-state index contributed by atoms with van der Waals surface area (Å²) in [5.74, 6) is -1.62. The molecule has 3 N–H and O–H groups in total. The lowest BCUT2D eigenvalue weighted by Crippen LogP contribution is -2.26. The lowest BCUT2D eigenvalue weighted by molar-refractivity contribution is -0.121. The van der Waals surface area contributed by atoms with Crippen molar-refractivity contribution in [2.45, 2.75) is 23.8 Å². The third-order valence-electron chi connectivity index (χ3n) is 2.71. The average molecular weight is 377 g/mol. The summed E-state index contributed by atoms with van der Waals surface area (Å²) in [5.41, 5.74) is 4.89. The molecule has 1 aromatic carbocycles. The predicted molar refractivity (Wildman–Crippen MR) is 77.0 cm³/mol. The second-order valence-electron chi connectivity index (χ2n) is 4.58. The van der Waals surface area contributed by atoms with E-state index in [0.29, 0.717) is 4.47 Å². The number of primary amides is 1. The lowest BCUT2D eigenvalue weighted by atomic mass is 10.2. The number of halogens is 1. The first kappa shape index (κ1) is 15.9. The minimum Gasteiger partial charge on any atom is -0.452 e. The average Bonchev–Trinajstić information content (AvgIpc) is 3.19. The summed E-state index contributed by atoms with van der Waals surface area (Å²) in [6.45, 7) is -0.567. The number of amides is 1. The maximum atomic E-state index is 12.1. The molecule has 1 aliphatic rings. The minimum absolute atomic E-state index is 0.00919. The summed E-state index contributed by atoms with van der Waals surface area (Å²) < 4.78 is 31.7. The number of esters is 1. The number of hydrogen-bond donors (Lipinski definition) is 2. The highest BCUT2D eigenvalue weighted by Gasteiger charge is 2.28. The van der Waals surface area contributed by atoms with Gasteiger partial charge in [0.1, 0.15) is 0 Å². The van der Waals surface area contributed by atoms with Crippen molar-refractivity contribution in [1.29, 1.82) is 0 Å². The Hall–Kier alpha value is -1.45. The molecule has 0 aliphatic heterocycles. The highest BCUT2D eigenvalue weighted by atomic mass is 79.9. The molecule has 114 valence electrons. The van der Waals surface area contributed by atoms with Crippen LogP contribution in [0.25, 0.3) is 0 Å². The van der Waals surface area contributed by atoms with Crippen LogP contribution in [0.1, 0.15) is 23.2 Å². The summed E-state index contributed by atoms with van der Waals surface area (Å²) in [6.07, 6.45) is 1.62. The van der Waals surface area contributed by atoms with Gasteiger partial charge in [0, 0.05) is 10.5 Å². The highest BCUT2D eigenvalue weighted by molar-refractivity contribution is 9.10. The molecule has 1 saturated carbocycles. The van der Waals surface area contributed by atoms with Gasteiger partial charge < -0.3 is 10.5 Å². The molecule has 0 unspecified atom stereocenters. The van der Waals surface area contributed by atoms with Crippen molar-refractivity contribution >= 4 is 37.8 Å². The number of benzene rings is 1. The number of nitrogens with one attached hydrogen (secondary N) is 1. The van der Waals surface area contributed by atoms with Crippen LogP contribution in [-0.4, -0.2) is 32.9 Å². The molecule has 21 heavy (non-hydrogen) atoms. The Morgan fingerprint density at radius 3 is 2.62 bits per heavy atom. The first-order chi connectivity index (χ1) is 9.79. The summed E-state index contributed by atoms with van der Waals surface area (Å²) >= 11 is 3.14. The number of rotatable bonds is 6. The highest BCUT2D eigenvalue weighted by Crippen LogP contribution is 2.25. The quantitative estimate of drug-likeness (QED) is 0.702. The van der Waals surface area contributed by atoms with Crippen molar-refractivity contribution in [2.24, 2.45) is 5.73 Å². The van der Waals surface area contributed by atoms with Crippen LogP contribution < -0.4 is 10.5 Å². The molecule has 0 saturated heterocycles. The summed E-state index contributed by atoms with van der Waals surface area (Å²) in [5, 5.41) is 0. The fourth-order valence-electron chi connectivity index (χ4n) is 1.53. The molecule has 9 heteroatoms. The van der Waals surface area contributed by atoms with Crippen LogP contribution in [0.2, 0.25) is 0 Å². The van der Waals surface area contributed by atoms with Crippen LogP contribution >= 0.6 is 15.9 Å². The van der Waals surface area contributed by atoms with E-state index < -0.39 is 28.5 Å². The van der Waals surface area contributed by atoms with Crippen LogP contribution in [-0.2, 0) is 19.6 Å². The fraction of sp³-hybridized carbons (Fsp3) is 0.333. The maximum Gasteiger partial charge on any atom is 0.339 e. The van der Waals surface area contributed by atoms with Gasteiger partial charge in [-0.15, -0.1) is 0 Å². The second kappa shape index (κ2) is 6.12. The molecule has 1 aromatic rings. The number of carbonyl (C=O) groups is 2. The molecule has 0 bridgehead atoms. The Bertz CT molecular complexity index is 685. The molecule has 7 nitrogen and oxygen atoms in total. The Balaban J connectivity index is 2.24. The van der Waals surface area contributed by atoms with E-state index in [4.69, 9.17) is 5.73 Å². The molecule has 0 radical (unpaired) electrons. The molecule has 0 spiro atoms. The van der Waals surface area contributed by atoms with Crippen molar-refractivity contribution in [3.63, 3.8) is 0 Å². The topological polar surface area (TPSA) is 116 Å². The number of sulfonamides is 1. The van der Waals surface area contributed by atoms with Gasteiger partial charge in [-0.05, 0) is 47.0 Å². The van der Waals surface area contributed by atoms with Gasteiger partial charge in [0.2, 0.25) is 10.0 Å². The van der Waals surface area contributed by atoms with Crippen molar-refractivity contribution < 1.29 is 22.7 Å². The zero-order valence-corrected chi connectivity index (χ0v) is 13.2. The van der Waals surface area contributed by atoms with Gasteiger partial charge in [-0.2, -0.15) is 0 Å². The Labute approximate surface area is 130 Å². The smallest absolute Gasteiger partial charge is 0.339 e. The lowest BCUT2D eigenvalue weighted by Gasteiger charge is -2.09. The van der Waals surface area contributed by atoms with Crippen LogP contribution in [0.3, 0.4) is 0 Å². The van der Waals surface area contributed by atoms with E-state index in [2.05, 4.69) is 25.4 Å². The maximum absolute atomic E-state index is 12.1. The van der Waals surface area contributed by atoms with Crippen molar-refractivity contribution in [3.05, 3.63) is 28.2 Å². The monoisotopic (exact) mass is 376 g/mol. The van der Waals surface area contributed by atoms with Gasteiger partial charge in [-0.1, -0.05) is 0 Å². The Kier molecular flexibility index (Phi) is 4.64. The van der Waals surface area contributed by atoms with Crippen molar-refractivity contribution in [1.82, 2.24) is 4.72 Å². The van der Waals surface area contributed by atoms with Gasteiger partial charge in [0.15, 0.2) is 6.61 Å². The molecule has 0 heterocycles. The number of nitrogens with two attached hydrogens (primary N) is 1. The van der Waals surface area contributed by atoms with E-state index in [9.17, 15) is 18.0 Å². The number of carbonyl (C=O) groups excluding carboxylic acids is 2. The number of ether oxygens (including phenoxy) is 1. The first-order valence-corrected chi connectivity index (χ1v) is 8.34. The van der Waals surface area contributed by atoms with Crippen molar-refractivity contribution in [3.8, 4) is 0 Å². The van der Waals surface area contributed by atoms with E-state index in [0.717, 1.165) is 12.8 Å². The van der Waals surface area contributed by atoms with E-state index in [1.54, 1.807) is 0 Å². The minimum atomic E-state index is -3.67. The second-order valence-corrected chi connectivity index (χ2v) is 7.15. The van der Waals surface area contributed by atoms with Crippen LogP contribution in [0.15, 0.2) is 27.6 Å². The normalized spacial score (nSPS) is 14.7. The molecule has 1 fully saturated rings. The Morgan fingerprint density at radius 2 is 2.05 bits per heavy atom. The van der Waals surface area contributed by atoms with Gasteiger partial charge in [0.05, 0.1) is 10.5 Å². The van der Waals surface area contributed by atoms with Gasteiger partial charge >= 0.3 is 5.97 Å². The van der Waals surface area contributed by atoms with Crippen LogP contribution in [0.5, 0.6) is 0 Å². The summed E-state index contributed by atoms with van der Waals surface area (Å²) in [7, 11) is -3.67. The fourth-order valence-corrected chi connectivity index (χ4v) is 3.27. The predicted octanol–water partition coefficient (Wildman–Crippen LogP) is 0.532. The molecule has 0 aromatic heterocycles. The Morgan fingerprint density at radius 1 is 1.38 bits per heavy atom. The van der Waals surface area contributed by atoms with E-state index in [1.807, 2.05) is 0 Å². The molecule has 1 aliphatic carbocycles. The van der Waals surface area contributed by atoms with E-state index in [1.165, 1.54) is 18.2 Å². The largest absolute Gasteiger partial charge is 0.452 e. The summed E-state index contributed by atoms with van der Waals surface area (Å²) in [4.78, 5) is 22.4. The van der Waals surface area contributed by atoms with Gasteiger partial charge in [0.25, 0.3) is 5.91 Å². The van der Waals surface area contributed by atoms with Crippen LogP contribution in [0.4, 0.5) is 0 Å². The molecule has 2 rings (SSSR count). The zero-order chi connectivity index (χ0) is 15.6. The zero-order valence-electron chi connectivity index (χ0n) is 10.8. The molecular weight excluding hydrogens is 364 g/mol. The van der Waals surface area contributed by atoms with E-state index in [-0.39, 0.29) is 16.5 Å². The third-order valence-corrected chi connectivity index (χ3v) is 4.92. The third kappa shape index (κ3) is 4.26. The molecule has 0 atom stereocenters. The standard InChI is InChI=1S/C12H13BrN2O5S/c13-10-4-3-8(21(18,19)15-7-1-2-7)5-9(10)12(17)20-6-11(14)16/h3-5,7,15H,1-2,6H2,(H2,14,16).